The van der Waals surface area contributed by atoms with E-state index >= 15 is 0 Å². The molecule has 0 bridgehead atoms. The number of carboxylic acid groups (broad SMARTS) is 1. The predicted octanol–water partition coefficient (Wildman–Crippen LogP) is 2.82. The second-order valence-corrected chi connectivity index (χ2v) is 8.77. The molecule has 2 aliphatic rings. The van der Waals surface area contributed by atoms with E-state index in [1.807, 2.05) is 35.7 Å². The van der Waals surface area contributed by atoms with Crippen LogP contribution in [0.25, 0.3) is 10.6 Å². The zero-order chi connectivity index (χ0) is 19.7. The zero-order valence-electron chi connectivity index (χ0n) is 15.6. The van der Waals surface area contributed by atoms with Crippen molar-refractivity contribution in [3.63, 3.8) is 0 Å². The summed E-state index contributed by atoms with van der Waals surface area (Å²) in [5.41, 5.74) is 0.469. The molecule has 2 aromatic rings. The quantitative estimate of drug-likeness (QED) is 0.778. The summed E-state index contributed by atoms with van der Waals surface area (Å²) >= 11 is 1.50. The van der Waals surface area contributed by atoms with Crippen LogP contribution in [-0.4, -0.2) is 51.2 Å². The Morgan fingerprint density at radius 3 is 2.64 bits per heavy atom. The monoisotopic (exact) mass is 400 g/mol. The molecule has 1 amide bonds. The van der Waals surface area contributed by atoms with Crippen LogP contribution in [0, 0.1) is 11.3 Å². The van der Waals surface area contributed by atoms with Crippen molar-refractivity contribution in [1.82, 2.24) is 9.88 Å². The Kier molecular flexibility index (Phi) is 5.21. The van der Waals surface area contributed by atoms with E-state index in [2.05, 4.69) is 4.98 Å². The first-order valence-electron chi connectivity index (χ1n) is 9.67. The summed E-state index contributed by atoms with van der Waals surface area (Å²) in [7, 11) is 0. The molecule has 1 aliphatic heterocycles. The third kappa shape index (κ3) is 3.82. The number of carbonyl (C=O) groups is 2. The number of thiazole rings is 1. The number of hydrogen-bond acceptors (Lipinski definition) is 5. The van der Waals surface area contributed by atoms with Crippen molar-refractivity contribution in [2.24, 2.45) is 11.3 Å². The van der Waals surface area contributed by atoms with Crippen LogP contribution < -0.4 is 0 Å². The number of rotatable bonds is 6. The molecule has 2 fully saturated rings. The molecule has 2 N–H and O–H groups in total. The summed E-state index contributed by atoms with van der Waals surface area (Å²) in [4.78, 5) is 31.0. The van der Waals surface area contributed by atoms with Gasteiger partial charge >= 0.3 is 5.97 Å². The van der Waals surface area contributed by atoms with Crippen molar-refractivity contribution in [1.29, 1.82) is 0 Å². The number of amides is 1. The van der Waals surface area contributed by atoms with Crippen LogP contribution in [0.2, 0.25) is 0 Å². The van der Waals surface area contributed by atoms with Gasteiger partial charge < -0.3 is 15.1 Å². The standard InChI is InChI=1S/C21H24N2O4S/c24-17-8-9-23(13-21(17,20(26)27)11-14-6-7-14)18(25)10-16-12-28-19(22-16)15-4-2-1-3-5-15/h1-5,12,14,17,24H,6-11,13H2,(H,26,27)/t17-,21+/m0/s1. The van der Waals surface area contributed by atoms with Crippen molar-refractivity contribution >= 4 is 23.2 Å². The summed E-state index contributed by atoms with van der Waals surface area (Å²) in [5.74, 6) is -0.768. The van der Waals surface area contributed by atoms with E-state index in [9.17, 15) is 19.8 Å². The van der Waals surface area contributed by atoms with Crippen molar-refractivity contribution < 1.29 is 19.8 Å². The van der Waals surface area contributed by atoms with Crippen LogP contribution in [-0.2, 0) is 16.0 Å². The Bertz CT molecular complexity index is 864. The Morgan fingerprint density at radius 2 is 1.96 bits per heavy atom. The molecule has 1 saturated carbocycles. The van der Waals surface area contributed by atoms with Gasteiger partial charge in [-0.1, -0.05) is 43.2 Å². The fraction of sp³-hybridized carbons (Fsp3) is 0.476. The van der Waals surface area contributed by atoms with Crippen LogP contribution >= 0.6 is 11.3 Å². The molecule has 7 heteroatoms. The second kappa shape index (κ2) is 7.64. The number of aliphatic carboxylic acids is 1. The number of carboxylic acids is 1. The number of likely N-dealkylation sites (tertiary alicyclic amines) is 1. The van der Waals surface area contributed by atoms with Crippen LogP contribution in [0.15, 0.2) is 35.7 Å². The van der Waals surface area contributed by atoms with Gasteiger partial charge in [0.2, 0.25) is 5.91 Å². The molecule has 2 atom stereocenters. The molecule has 0 spiro atoms. The van der Waals surface area contributed by atoms with E-state index in [4.69, 9.17) is 0 Å². The minimum atomic E-state index is -1.24. The Hall–Kier alpha value is -2.25. The third-order valence-corrected chi connectivity index (χ3v) is 6.76. The molecule has 1 aromatic carbocycles. The molecule has 2 heterocycles. The molecule has 28 heavy (non-hydrogen) atoms. The largest absolute Gasteiger partial charge is 0.481 e. The number of aromatic nitrogens is 1. The topological polar surface area (TPSA) is 90.7 Å². The van der Waals surface area contributed by atoms with Gasteiger partial charge in [-0.2, -0.15) is 0 Å². The van der Waals surface area contributed by atoms with E-state index < -0.39 is 17.5 Å². The fourth-order valence-corrected chi connectivity index (χ4v) is 4.82. The molecule has 0 radical (unpaired) electrons. The van der Waals surface area contributed by atoms with Crippen LogP contribution in [0.5, 0.6) is 0 Å². The highest BCUT2D eigenvalue weighted by Gasteiger charge is 2.52. The van der Waals surface area contributed by atoms with Gasteiger partial charge in [0, 0.05) is 24.0 Å². The van der Waals surface area contributed by atoms with Gasteiger partial charge in [-0.3, -0.25) is 9.59 Å². The van der Waals surface area contributed by atoms with Gasteiger partial charge in [0.25, 0.3) is 0 Å². The zero-order valence-corrected chi connectivity index (χ0v) is 16.4. The molecule has 4 rings (SSSR count). The van der Waals surface area contributed by atoms with Gasteiger partial charge in [0.05, 0.1) is 18.2 Å². The minimum Gasteiger partial charge on any atom is -0.481 e. The number of nitrogens with zero attached hydrogens (tertiary/aromatic N) is 2. The second-order valence-electron chi connectivity index (χ2n) is 7.92. The van der Waals surface area contributed by atoms with Gasteiger partial charge in [0.15, 0.2) is 0 Å². The first kappa shape index (κ1) is 19.1. The lowest BCUT2D eigenvalue weighted by atomic mass is 9.73. The summed E-state index contributed by atoms with van der Waals surface area (Å²) in [6.45, 7) is 0.462. The molecular formula is C21H24N2O4S. The summed E-state index contributed by atoms with van der Waals surface area (Å²) in [5, 5.41) is 23.1. The van der Waals surface area contributed by atoms with Crippen LogP contribution in [0.4, 0.5) is 0 Å². The van der Waals surface area contributed by atoms with Gasteiger partial charge in [-0.15, -0.1) is 11.3 Å². The number of hydrogen-bond donors (Lipinski definition) is 2. The van der Waals surface area contributed by atoms with E-state index in [1.165, 1.54) is 11.3 Å². The van der Waals surface area contributed by atoms with Crippen LogP contribution in [0.3, 0.4) is 0 Å². The van der Waals surface area contributed by atoms with E-state index in [0.717, 1.165) is 23.4 Å². The number of benzene rings is 1. The van der Waals surface area contributed by atoms with E-state index in [-0.39, 0.29) is 18.9 Å². The van der Waals surface area contributed by atoms with E-state index in [1.54, 1.807) is 4.90 Å². The maximum atomic E-state index is 12.8. The Balaban J connectivity index is 1.46. The average Bonchev–Trinajstić information content (AvgIpc) is 3.38. The maximum absolute atomic E-state index is 12.8. The van der Waals surface area contributed by atoms with Crippen molar-refractivity contribution in [3.8, 4) is 10.6 Å². The summed E-state index contributed by atoms with van der Waals surface area (Å²) < 4.78 is 0. The number of aliphatic hydroxyl groups excluding tert-OH is 1. The van der Waals surface area contributed by atoms with Gasteiger partial charge in [-0.25, -0.2) is 4.98 Å². The lowest BCUT2D eigenvalue weighted by molar-refractivity contribution is -0.167. The molecule has 1 aromatic heterocycles. The van der Waals surface area contributed by atoms with E-state index in [0.29, 0.717) is 31.0 Å². The predicted molar refractivity (Wildman–Crippen MR) is 106 cm³/mol. The normalized spacial score (nSPS) is 24.9. The minimum absolute atomic E-state index is 0.0779. The smallest absolute Gasteiger partial charge is 0.314 e. The van der Waals surface area contributed by atoms with Crippen LogP contribution in [0.1, 0.15) is 31.4 Å². The lowest BCUT2D eigenvalue weighted by Crippen LogP contribution is -2.57. The Labute approximate surface area is 167 Å². The lowest BCUT2D eigenvalue weighted by Gasteiger charge is -2.43. The first-order valence-corrected chi connectivity index (χ1v) is 10.5. The Morgan fingerprint density at radius 1 is 1.21 bits per heavy atom. The molecule has 148 valence electrons. The highest BCUT2D eigenvalue weighted by molar-refractivity contribution is 7.13. The SMILES string of the molecule is O=C(Cc1csc(-c2ccccc2)n1)N1CC[C@H](O)[C@](CC2CC2)(C(=O)O)C1. The highest BCUT2D eigenvalue weighted by Crippen LogP contribution is 2.45. The highest BCUT2D eigenvalue weighted by atomic mass is 32.1. The fourth-order valence-electron chi connectivity index (χ4n) is 4.00. The maximum Gasteiger partial charge on any atom is 0.314 e. The molecule has 1 aliphatic carbocycles. The van der Waals surface area contributed by atoms with Gasteiger partial charge in [-0.05, 0) is 18.8 Å². The molecule has 0 unspecified atom stereocenters. The molecular weight excluding hydrogens is 376 g/mol. The summed E-state index contributed by atoms with van der Waals surface area (Å²) in [6.07, 6.45) is 2.02. The molecule has 6 nitrogen and oxygen atoms in total. The first-order chi connectivity index (χ1) is 13.5. The van der Waals surface area contributed by atoms with Crippen molar-refractivity contribution in [2.75, 3.05) is 13.1 Å². The third-order valence-electron chi connectivity index (χ3n) is 5.82. The number of aliphatic hydroxyl groups is 1. The average molecular weight is 401 g/mol. The number of piperidine rings is 1. The van der Waals surface area contributed by atoms with Gasteiger partial charge in [0.1, 0.15) is 10.4 Å². The van der Waals surface area contributed by atoms with Crippen molar-refractivity contribution in [2.45, 2.75) is 38.2 Å². The molecule has 1 saturated heterocycles. The van der Waals surface area contributed by atoms with Crippen molar-refractivity contribution in [3.05, 3.63) is 41.4 Å². The summed E-state index contributed by atoms with van der Waals surface area (Å²) in [6, 6.07) is 9.81. The number of carbonyl (C=O) groups excluding carboxylic acids is 1.